The Hall–Kier alpha value is -3.48. The van der Waals surface area contributed by atoms with E-state index in [4.69, 9.17) is 6.42 Å². The highest BCUT2D eigenvalue weighted by molar-refractivity contribution is 5.47. The summed E-state index contributed by atoms with van der Waals surface area (Å²) in [5.41, 5.74) is 6.52. The Kier molecular flexibility index (Phi) is 4.39. The molecule has 1 heterocycles. The Balaban J connectivity index is 1.67. The first-order valence-electron chi connectivity index (χ1n) is 7.16. The number of nitrogens with zero attached hydrogens (tertiary/aromatic N) is 2. The van der Waals surface area contributed by atoms with Gasteiger partial charge in [-0.05, 0) is 48.5 Å². The zero-order valence-corrected chi connectivity index (χ0v) is 12.4. The van der Waals surface area contributed by atoms with Crippen molar-refractivity contribution in [2.45, 2.75) is 6.04 Å². The van der Waals surface area contributed by atoms with E-state index in [1.807, 2.05) is 48.5 Å². The zero-order chi connectivity index (χ0) is 15.9. The lowest BCUT2D eigenvalue weighted by Crippen LogP contribution is -2.19. The standard InChI is InChI=1S/C20H13N3/c1-2-16-3-5-17(6-4-16)7-8-18-9-11-19(12-10-18)13-14-20-15-21-23-22-20/h1,3-6,9-12,20H,15H2,(H,21,22). The van der Waals surface area contributed by atoms with Crippen LogP contribution in [-0.2, 0) is 0 Å². The van der Waals surface area contributed by atoms with Gasteiger partial charge in [-0.15, -0.1) is 6.42 Å². The lowest BCUT2D eigenvalue weighted by atomic mass is 10.1. The first kappa shape index (κ1) is 14.5. The fraction of sp³-hybridized carbons (Fsp3) is 0.100. The maximum Gasteiger partial charge on any atom is 0.128 e. The minimum atomic E-state index is 0.0143. The van der Waals surface area contributed by atoms with Gasteiger partial charge in [0.2, 0.25) is 0 Å². The van der Waals surface area contributed by atoms with Gasteiger partial charge in [0.1, 0.15) is 6.04 Å². The van der Waals surface area contributed by atoms with Crippen molar-refractivity contribution in [2.24, 2.45) is 10.3 Å². The highest BCUT2D eigenvalue weighted by atomic mass is 15.5. The minimum Gasteiger partial charge on any atom is -0.275 e. The van der Waals surface area contributed by atoms with Crippen LogP contribution in [0.3, 0.4) is 0 Å². The molecule has 0 aromatic heterocycles. The molecule has 0 fully saturated rings. The van der Waals surface area contributed by atoms with Gasteiger partial charge in [0.15, 0.2) is 0 Å². The van der Waals surface area contributed by atoms with E-state index in [-0.39, 0.29) is 6.04 Å². The van der Waals surface area contributed by atoms with Crippen molar-refractivity contribution in [3.05, 3.63) is 70.8 Å². The van der Waals surface area contributed by atoms with E-state index in [0.717, 1.165) is 22.3 Å². The molecule has 23 heavy (non-hydrogen) atoms. The minimum absolute atomic E-state index is 0.0143. The number of nitrogens with one attached hydrogen (secondary N) is 1. The molecule has 0 radical (unpaired) electrons. The van der Waals surface area contributed by atoms with Crippen LogP contribution in [0.15, 0.2) is 58.9 Å². The van der Waals surface area contributed by atoms with Crippen LogP contribution in [-0.4, -0.2) is 12.6 Å². The smallest absolute Gasteiger partial charge is 0.128 e. The number of rotatable bonds is 0. The first-order chi connectivity index (χ1) is 11.3. The van der Waals surface area contributed by atoms with Gasteiger partial charge in [-0.25, -0.2) is 0 Å². The van der Waals surface area contributed by atoms with E-state index >= 15 is 0 Å². The van der Waals surface area contributed by atoms with Crippen molar-refractivity contribution in [1.29, 1.82) is 0 Å². The molecule has 2 aromatic rings. The number of benzene rings is 2. The van der Waals surface area contributed by atoms with Crippen molar-refractivity contribution in [2.75, 3.05) is 6.54 Å². The molecule has 1 unspecified atom stereocenters. The molecule has 108 valence electrons. The summed E-state index contributed by atoms with van der Waals surface area (Å²) >= 11 is 0. The molecule has 1 aliphatic heterocycles. The molecule has 1 aliphatic rings. The number of hydrogen-bond acceptors (Lipinski definition) is 3. The monoisotopic (exact) mass is 295 g/mol. The fourth-order valence-electron chi connectivity index (χ4n) is 1.95. The van der Waals surface area contributed by atoms with Gasteiger partial charge in [0.25, 0.3) is 0 Å². The van der Waals surface area contributed by atoms with Crippen molar-refractivity contribution in [3.63, 3.8) is 0 Å². The second-order valence-electron chi connectivity index (χ2n) is 4.92. The molecular weight excluding hydrogens is 282 g/mol. The zero-order valence-electron chi connectivity index (χ0n) is 12.4. The van der Waals surface area contributed by atoms with E-state index in [9.17, 15) is 0 Å². The summed E-state index contributed by atoms with van der Waals surface area (Å²) in [6.45, 7) is 0.606. The molecule has 3 rings (SSSR count). The van der Waals surface area contributed by atoms with Gasteiger partial charge in [0, 0.05) is 22.3 Å². The average molecular weight is 295 g/mol. The predicted molar refractivity (Wildman–Crippen MR) is 90.3 cm³/mol. The van der Waals surface area contributed by atoms with Gasteiger partial charge in [-0.1, -0.05) is 34.8 Å². The molecule has 0 saturated heterocycles. The van der Waals surface area contributed by atoms with E-state index in [1.54, 1.807) is 0 Å². The molecule has 1 atom stereocenters. The van der Waals surface area contributed by atoms with Crippen LogP contribution in [0.2, 0.25) is 0 Å². The topological polar surface area (TPSA) is 36.8 Å². The maximum atomic E-state index is 5.33. The van der Waals surface area contributed by atoms with Crippen LogP contribution in [0.4, 0.5) is 0 Å². The van der Waals surface area contributed by atoms with E-state index in [2.05, 4.69) is 45.4 Å². The van der Waals surface area contributed by atoms with Gasteiger partial charge in [-0.3, -0.25) is 5.43 Å². The summed E-state index contributed by atoms with van der Waals surface area (Å²) < 4.78 is 0. The van der Waals surface area contributed by atoms with E-state index < -0.39 is 0 Å². The predicted octanol–water partition coefficient (Wildman–Crippen LogP) is 2.76. The van der Waals surface area contributed by atoms with Crippen LogP contribution in [0, 0.1) is 36.0 Å². The Bertz CT molecular complexity index is 869. The van der Waals surface area contributed by atoms with Gasteiger partial charge >= 0.3 is 0 Å². The quantitative estimate of drug-likeness (QED) is 0.746. The second-order valence-corrected chi connectivity index (χ2v) is 4.92. The molecular formula is C20H13N3. The van der Waals surface area contributed by atoms with Gasteiger partial charge < -0.3 is 0 Å². The third-order valence-corrected chi connectivity index (χ3v) is 3.23. The maximum absolute atomic E-state index is 5.33. The Labute approximate surface area is 135 Å². The van der Waals surface area contributed by atoms with Crippen LogP contribution < -0.4 is 5.43 Å². The fourth-order valence-corrected chi connectivity index (χ4v) is 1.95. The summed E-state index contributed by atoms with van der Waals surface area (Å²) in [5.74, 6) is 15.0. The lowest BCUT2D eigenvalue weighted by molar-refractivity contribution is 0.733. The third kappa shape index (κ3) is 4.01. The molecule has 0 aliphatic carbocycles. The molecule has 0 spiro atoms. The van der Waals surface area contributed by atoms with Crippen LogP contribution >= 0.6 is 0 Å². The van der Waals surface area contributed by atoms with Crippen molar-refractivity contribution in [3.8, 4) is 36.0 Å². The SMILES string of the molecule is C#Cc1ccc(C#Cc2ccc(C#CC3CN=NN3)cc2)cc1. The molecule has 1 N–H and O–H groups in total. The summed E-state index contributed by atoms with van der Waals surface area (Å²) in [6.07, 6.45) is 5.33. The molecule has 3 heteroatoms. The van der Waals surface area contributed by atoms with E-state index in [1.165, 1.54) is 0 Å². The second kappa shape index (κ2) is 6.99. The van der Waals surface area contributed by atoms with Crippen molar-refractivity contribution < 1.29 is 0 Å². The largest absolute Gasteiger partial charge is 0.275 e. The molecule has 0 amide bonds. The number of terminal acetylenes is 1. The summed E-state index contributed by atoms with van der Waals surface area (Å²) in [6, 6.07) is 15.5. The highest BCUT2D eigenvalue weighted by Gasteiger charge is 2.06. The Morgan fingerprint density at radius 1 is 0.826 bits per heavy atom. The number of hydrogen-bond donors (Lipinski definition) is 1. The summed E-state index contributed by atoms with van der Waals surface area (Å²) in [4.78, 5) is 0. The third-order valence-electron chi connectivity index (χ3n) is 3.23. The van der Waals surface area contributed by atoms with Crippen molar-refractivity contribution in [1.82, 2.24) is 5.43 Å². The molecule has 0 bridgehead atoms. The van der Waals surface area contributed by atoms with Crippen LogP contribution in [0.1, 0.15) is 22.3 Å². The molecule has 2 aromatic carbocycles. The Morgan fingerprint density at radius 2 is 1.35 bits per heavy atom. The molecule has 0 saturated carbocycles. The van der Waals surface area contributed by atoms with Crippen LogP contribution in [0.25, 0.3) is 0 Å². The highest BCUT2D eigenvalue weighted by Crippen LogP contribution is 2.05. The van der Waals surface area contributed by atoms with Crippen LogP contribution in [0.5, 0.6) is 0 Å². The summed E-state index contributed by atoms with van der Waals surface area (Å²) in [7, 11) is 0. The first-order valence-corrected chi connectivity index (χ1v) is 7.16. The summed E-state index contributed by atoms with van der Waals surface area (Å²) in [5, 5.41) is 7.54. The Morgan fingerprint density at radius 3 is 1.83 bits per heavy atom. The average Bonchev–Trinajstić information content (AvgIpc) is 3.13. The van der Waals surface area contributed by atoms with Gasteiger partial charge in [-0.2, -0.15) is 5.11 Å². The van der Waals surface area contributed by atoms with Crippen molar-refractivity contribution >= 4 is 0 Å². The van der Waals surface area contributed by atoms with E-state index in [0.29, 0.717) is 6.54 Å². The normalized spacial score (nSPS) is 14.7. The lowest BCUT2D eigenvalue weighted by Gasteiger charge is -1.96. The van der Waals surface area contributed by atoms with Gasteiger partial charge in [0.05, 0.1) is 6.54 Å². The molecule has 3 nitrogen and oxygen atoms in total.